The fourth-order valence-corrected chi connectivity index (χ4v) is 3.81. The Hall–Kier alpha value is -2.25. The van der Waals surface area contributed by atoms with E-state index in [-0.39, 0.29) is 5.91 Å². The molecule has 2 aromatic rings. The quantitative estimate of drug-likeness (QED) is 0.653. The van der Waals surface area contributed by atoms with E-state index < -0.39 is 5.91 Å². The van der Waals surface area contributed by atoms with Crippen LogP contribution in [0.5, 0.6) is 0 Å². The third-order valence-electron chi connectivity index (χ3n) is 3.79. The van der Waals surface area contributed by atoms with Gasteiger partial charge in [0.2, 0.25) is 0 Å². The van der Waals surface area contributed by atoms with Crippen molar-refractivity contribution in [1.29, 1.82) is 0 Å². The number of carbonyl (C=O) groups excluding carboxylic acids is 2. The van der Waals surface area contributed by atoms with E-state index in [0.29, 0.717) is 30.1 Å². The molecule has 1 aliphatic heterocycles. The maximum Gasteiger partial charge on any atom is 0.284 e. The Morgan fingerprint density at radius 2 is 2.23 bits per heavy atom. The van der Waals surface area contributed by atoms with Gasteiger partial charge in [-0.2, -0.15) is 0 Å². The first-order valence-corrected chi connectivity index (χ1v) is 7.69. The van der Waals surface area contributed by atoms with Crippen LogP contribution in [0.1, 0.15) is 36.2 Å². The molecule has 0 atom stereocenters. The Morgan fingerprint density at radius 3 is 2.91 bits per heavy atom. The van der Waals surface area contributed by atoms with Crippen LogP contribution in [0.4, 0.5) is 0 Å². The lowest BCUT2D eigenvalue weighted by Gasteiger charge is -2.27. The number of hydroxylamine groups is 1. The molecule has 0 saturated heterocycles. The van der Waals surface area contributed by atoms with Gasteiger partial charge in [0.25, 0.3) is 11.8 Å². The zero-order valence-electron chi connectivity index (χ0n) is 12.0. The minimum atomic E-state index is -0.500. The molecule has 0 bridgehead atoms. The fourth-order valence-electron chi connectivity index (χ4n) is 2.61. The van der Waals surface area contributed by atoms with Crippen LogP contribution in [-0.4, -0.2) is 33.5 Å². The van der Waals surface area contributed by atoms with Crippen LogP contribution in [0.3, 0.4) is 0 Å². The van der Waals surface area contributed by atoms with Gasteiger partial charge < -0.3 is 4.90 Å². The van der Waals surface area contributed by atoms with Crippen molar-refractivity contribution in [2.24, 2.45) is 0 Å². The third-order valence-corrected chi connectivity index (χ3v) is 5.18. The highest BCUT2D eigenvalue weighted by Gasteiger charge is 2.28. The molecular formula is C15H15N3O3S. The van der Waals surface area contributed by atoms with E-state index >= 15 is 0 Å². The molecule has 0 aromatic carbocycles. The molecule has 2 aromatic heterocycles. The number of fused-ring (bicyclic) bond motifs is 1. The summed E-state index contributed by atoms with van der Waals surface area (Å²) in [6.07, 6.45) is 2.31. The average molecular weight is 317 g/mol. The first-order valence-electron chi connectivity index (χ1n) is 6.87. The Balaban J connectivity index is 1.86. The number of aromatic nitrogens is 1. The highest BCUT2D eigenvalue weighted by molar-refractivity contribution is 7.14. The fraction of sp³-hybridized carbons (Fsp3) is 0.267. The monoisotopic (exact) mass is 317 g/mol. The lowest BCUT2D eigenvalue weighted by molar-refractivity contribution is 0.0710. The molecule has 0 aliphatic carbocycles. The van der Waals surface area contributed by atoms with E-state index in [2.05, 4.69) is 4.98 Å². The van der Waals surface area contributed by atoms with Crippen molar-refractivity contribution in [2.45, 2.75) is 19.9 Å². The van der Waals surface area contributed by atoms with Crippen LogP contribution in [0.2, 0.25) is 0 Å². The molecule has 3 rings (SSSR count). The Kier molecular flexibility index (Phi) is 3.91. The van der Waals surface area contributed by atoms with Crippen molar-refractivity contribution in [1.82, 2.24) is 15.4 Å². The van der Waals surface area contributed by atoms with E-state index in [1.165, 1.54) is 11.3 Å². The maximum atomic E-state index is 12.5. The molecule has 0 fully saturated rings. The predicted octanol–water partition coefficient (Wildman–Crippen LogP) is 1.77. The molecule has 2 amide bonds. The normalized spacial score (nSPS) is 13.6. The topological polar surface area (TPSA) is 82.5 Å². The van der Waals surface area contributed by atoms with Crippen LogP contribution >= 0.6 is 11.3 Å². The Labute approximate surface area is 131 Å². The van der Waals surface area contributed by atoms with E-state index in [9.17, 15) is 9.59 Å². The van der Waals surface area contributed by atoms with Gasteiger partial charge in [-0.05, 0) is 36.6 Å². The summed E-state index contributed by atoms with van der Waals surface area (Å²) in [6, 6.07) is 5.26. The lowest BCUT2D eigenvalue weighted by atomic mass is 10.0. The van der Waals surface area contributed by atoms with Crippen molar-refractivity contribution >= 4 is 23.2 Å². The van der Waals surface area contributed by atoms with Gasteiger partial charge in [0.05, 0.1) is 4.88 Å². The number of amides is 2. The molecule has 2 N–H and O–H groups in total. The summed E-state index contributed by atoms with van der Waals surface area (Å²) < 4.78 is 0. The van der Waals surface area contributed by atoms with E-state index in [0.717, 1.165) is 16.0 Å². The summed E-state index contributed by atoms with van der Waals surface area (Å²) in [4.78, 5) is 31.5. The van der Waals surface area contributed by atoms with Gasteiger partial charge in [-0.25, -0.2) is 5.48 Å². The van der Waals surface area contributed by atoms with Crippen LogP contribution in [-0.2, 0) is 13.0 Å². The van der Waals surface area contributed by atoms with Crippen molar-refractivity contribution < 1.29 is 14.8 Å². The van der Waals surface area contributed by atoms with E-state index in [1.54, 1.807) is 34.8 Å². The van der Waals surface area contributed by atoms with Gasteiger partial charge in [0, 0.05) is 24.2 Å². The minimum Gasteiger partial charge on any atom is -0.333 e. The summed E-state index contributed by atoms with van der Waals surface area (Å²) in [7, 11) is 0. The predicted molar refractivity (Wildman–Crippen MR) is 81.0 cm³/mol. The van der Waals surface area contributed by atoms with Crippen molar-refractivity contribution in [2.75, 3.05) is 6.54 Å². The minimum absolute atomic E-state index is 0.106. The molecule has 0 spiro atoms. The molecule has 0 unspecified atom stereocenters. The molecule has 1 aliphatic rings. The Morgan fingerprint density at radius 1 is 1.41 bits per heavy atom. The number of nitrogens with zero attached hydrogens (tertiary/aromatic N) is 2. The van der Waals surface area contributed by atoms with Gasteiger partial charge in [0.1, 0.15) is 5.69 Å². The van der Waals surface area contributed by atoms with Crippen LogP contribution < -0.4 is 5.48 Å². The highest BCUT2D eigenvalue weighted by Crippen LogP contribution is 2.33. The first-order chi connectivity index (χ1) is 10.6. The smallest absolute Gasteiger partial charge is 0.284 e. The third kappa shape index (κ3) is 2.49. The number of carbonyl (C=O) groups is 2. The second-order valence-electron chi connectivity index (χ2n) is 5.09. The van der Waals surface area contributed by atoms with E-state index in [1.807, 2.05) is 6.92 Å². The Bertz CT molecular complexity index is 727. The number of pyridine rings is 1. The molecular weight excluding hydrogens is 302 g/mol. The van der Waals surface area contributed by atoms with E-state index in [4.69, 9.17) is 5.21 Å². The lowest BCUT2D eigenvalue weighted by Crippen LogP contribution is -2.36. The second kappa shape index (κ2) is 5.86. The average Bonchev–Trinajstić information content (AvgIpc) is 2.90. The standard InChI is InChI=1S/C15H15N3O3S/c1-9-10-8-18(15(20)11-4-2-3-6-16-11)7-5-12(10)22-13(9)14(19)17-21/h2-4,6,21H,5,7-8H2,1H3,(H,17,19). The van der Waals surface area contributed by atoms with Crippen LogP contribution in [0.15, 0.2) is 24.4 Å². The van der Waals surface area contributed by atoms with Gasteiger partial charge in [-0.3, -0.25) is 19.8 Å². The largest absolute Gasteiger partial charge is 0.333 e. The summed E-state index contributed by atoms with van der Waals surface area (Å²) in [6.45, 7) is 2.91. The number of rotatable bonds is 2. The van der Waals surface area contributed by atoms with Crippen LogP contribution in [0, 0.1) is 6.92 Å². The molecule has 3 heterocycles. The van der Waals surface area contributed by atoms with Crippen molar-refractivity contribution in [3.8, 4) is 0 Å². The van der Waals surface area contributed by atoms with Gasteiger partial charge in [-0.1, -0.05) is 6.07 Å². The summed E-state index contributed by atoms with van der Waals surface area (Å²) in [5.41, 5.74) is 3.92. The molecule has 114 valence electrons. The van der Waals surface area contributed by atoms with Crippen molar-refractivity contribution in [3.63, 3.8) is 0 Å². The van der Waals surface area contributed by atoms with Crippen LogP contribution in [0.25, 0.3) is 0 Å². The van der Waals surface area contributed by atoms with Gasteiger partial charge in [0.15, 0.2) is 0 Å². The summed E-state index contributed by atoms with van der Waals surface area (Å²) in [5.74, 6) is -0.607. The van der Waals surface area contributed by atoms with Gasteiger partial charge in [-0.15, -0.1) is 11.3 Å². The molecule has 22 heavy (non-hydrogen) atoms. The number of thiophene rings is 1. The molecule has 0 saturated carbocycles. The highest BCUT2D eigenvalue weighted by atomic mass is 32.1. The number of nitrogens with one attached hydrogen (secondary N) is 1. The second-order valence-corrected chi connectivity index (χ2v) is 6.20. The van der Waals surface area contributed by atoms with Gasteiger partial charge >= 0.3 is 0 Å². The number of hydrogen-bond donors (Lipinski definition) is 2. The molecule has 0 radical (unpaired) electrons. The zero-order valence-corrected chi connectivity index (χ0v) is 12.8. The maximum absolute atomic E-state index is 12.5. The van der Waals surface area contributed by atoms with Crippen molar-refractivity contribution in [3.05, 3.63) is 51.0 Å². The number of hydrogen-bond acceptors (Lipinski definition) is 5. The molecule has 7 heteroatoms. The summed E-state index contributed by atoms with van der Waals surface area (Å²) >= 11 is 1.38. The molecule has 6 nitrogen and oxygen atoms in total. The zero-order chi connectivity index (χ0) is 15.7. The SMILES string of the molecule is Cc1c(C(=O)NO)sc2c1CN(C(=O)c1ccccn1)CC2. The summed E-state index contributed by atoms with van der Waals surface area (Å²) in [5, 5.41) is 8.80. The first kappa shape index (κ1) is 14.7.